The molecule has 0 radical (unpaired) electrons. The number of nitro benzene ring substituents is 1. The Morgan fingerprint density at radius 2 is 1.87 bits per heavy atom. The highest BCUT2D eigenvalue weighted by atomic mass is 16.6. The summed E-state index contributed by atoms with van der Waals surface area (Å²) in [5.41, 5.74) is 2.81. The summed E-state index contributed by atoms with van der Waals surface area (Å²) in [5.74, 6) is -1.74. The van der Waals surface area contributed by atoms with Gasteiger partial charge in [-0.3, -0.25) is 28.9 Å². The quantitative estimate of drug-likeness (QED) is 0.157. The van der Waals surface area contributed by atoms with Gasteiger partial charge in [0.05, 0.1) is 24.5 Å². The summed E-state index contributed by atoms with van der Waals surface area (Å²) in [6.45, 7) is 1.71. The van der Waals surface area contributed by atoms with E-state index in [2.05, 4.69) is 15.6 Å². The molecular formula is C27H25N5O7. The third-order valence-electron chi connectivity index (χ3n) is 6.01. The van der Waals surface area contributed by atoms with Crippen LogP contribution in [0, 0.1) is 17.0 Å². The number of ether oxygens (including phenoxy) is 1. The van der Waals surface area contributed by atoms with Gasteiger partial charge in [0, 0.05) is 29.5 Å². The lowest BCUT2D eigenvalue weighted by Crippen LogP contribution is -2.30. The molecule has 2 aromatic heterocycles. The summed E-state index contributed by atoms with van der Waals surface area (Å²) in [4.78, 5) is 51.8. The lowest BCUT2D eigenvalue weighted by Gasteiger charge is -2.18. The lowest BCUT2D eigenvalue weighted by atomic mass is 10.0. The maximum absolute atomic E-state index is 13.2. The number of aryl methyl sites for hydroxylation is 1. The van der Waals surface area contributed by atoms with Crippen LogP contribution in [0.25, 0.3) is 16.9 Å². The van der Waals surface area contributed by atoms with Gasteiger partial charge >= 0.3 is 11.9 Å². The van der Waals surface area contributed by atoms with E-state index in [-0.39, 0.29) is 24.2 Å². The Balaban J connectivity index is 1.71. The van der Waals surface area contributed by atoms with E-state index in [4.69, 9.17) is 4.74 Å². The predicted molar refractivity (Wildman–Crippen MR) is 141 cm³/mol. The molecule has 0 aliphatic rings. The highest BCUT2D eigenvalue weighted by Crippen LogP contribution is 2.31. The van der Waals surface area contributed by atoms with Crippen LogP contribution in [0.5, 0.6) is 0 Å². The number of amides is 1. The van der Waals surface area contributed by atoms with Crippen molar-refractivity contribution in [2.45, 2.75) is 19.4 Å². The van der Waals surface area contributed by atoms with E-state index in [1.54, 1.807) is 28.8 Å². The molecule has 0 bridgehead atoms. The van der Waals surface area contributed by atoms with E-state index < -0.39 is 28.8 Å². The molecule has 1 amide bonds. The van der Waals surface area contributed by atoms with E-state index >= 15 is 0 Å². The zero-order chi connectivity index (χ0) is 28.1. The lowest BCUT2D eigenvalue weighted by molar-refractivity contribution is -0.384. The Kier molecular flexibility index (Phi) is 7.85. The molecule has 3 N–H and O–H groups in total. The molecule has 1 atom stereocenters. The number of nitro groups is 1. The highest BCUT2D eigenvalue weighted by Gasteiger charge is 2.22. The molecule has 0 fully saturated rings. The fourth-order valence-corrected chi connectivity index (χ4v) is 4.02. The third kappa shape index (κ3) is 6.18. The summed E-state index contributed by atoms with van der Waals surface area (Å²) < 4.78 is 6.30. The standard InChI is InChI=1S/C27H25N5O7/c1-16-6-8-17(9-7-16)21(14-23(33)34)29-27(36)19-10-11-31-22(13-19)30-25(26(31)28-15-24(35)39-2)18-4-3-5-20(12-18)32(37)38/h3-13,21,28H,14-15H2,1-2H3,(H,29,36)(H,33,34). The first-order valence-electron chi connectivity index (χ1n) is 11.8. The number of nitrogens with zero attached hydrogens (tertiary/aromatic N) is 3. The van der Waals surface area contributed by atoms with Crippen molar-refractivity contribution in [2.75, 3.05) is 19.0 Å². The van der Waals surface area contributed by atoms with Crippen molar-refractivity contribution in [3.05, 3.63) is 93.7 Å². The zero-order valence-corrected chi connectivity index (χ0v) is 21.1. The number of carbonyl (C=O) groups is 3. The molecule has 0 saturated carbocycles. The van der Waals surface area contributed by atoms with Gasteiger partial charge in [-0.2, -0.15) is 0 Å². The van der Waals surface area contributed by atoms with E-state index in [9.17, 15) is 29.6 Å². The van der Waals surface area contributed by atoms with Crippen molar-refractivity contribution in [3.8, 4) is 11.3 Å². The van der Waals surface area contributed by atoms with Crippen molar-refractivity contribution in [1.82, 2.24) is 14.7 Å². The summed E-state index contributed by atoms with van der Waals surface area (Å²) in [5, 5.41) is 26.4. The number of fused-ring (bicyclic) bond motifs is 1. The minimum atomic E-state index is -1.06. The van der Waals surface area contributed by atoms with Gasteiger partial charge in [0.25, 0.3) is 11.6 Å². The Hall–Kier alpha value is -5.26. The number of aliphatic carboxylic acids is 1. The van der Waals surface area contributed by atoms with Gasteiger partial charge in [0.15, 0.2) is 0 Å². The van der Waals surface area contributed by atoms with Crippen LogP contribution in [0.3, 0.4) is 0 Å². The first-order valence-corrected chi connectivity index (χ1v) is 11.8. The summed E-state index contributed by atoms with van der Waals surface area (Å²) in [6.07, 6.45) is 1.26. The van der Waals surface area contributed by atoms with Crippen molar-refractivity contribution in [2.24, 2.45) is 0 Å². The van der Waals surface area contributed by atoms with Gasteiger partial charge in [-0.1, -0.05) is 42.0 Å². The second kappa shape index (κ2) is 11.4. The van der Waals surface area contributed by atoms with Crippen LogP contribution in [0.15, 0.2) is 66.9 Å². The molecule has 12 nitrogen and oxygen atoms in total. The van der Waals surface area contributed by atoms with Crippen molar-refractivity contribution in [1.29, 1.82) is 0 Å². The number of hydrogen-bond donors (Lipinski definition) is 3. The fourth-order valence-electron chi connectivity index (χ4n) is 4.02. The molecule has 2 aromatic carbocycles. The molecule has 12 heteroatoms. The number of carboxylic acid groups (broad SMARTS) is 1. The van der Waals surface area contributed by atoms with Crippen molar-refractivity contribution < 1.29 is 29.2 Å². The van der Waals surface area contributed by atoms with Gasteiger partial charge < -0.3 is 20.5 Å². The number of aromatic nitrogens is 2. The van der Waals surface area contributed by atoms with Crippen molar-refractivity contribution >= 4 is 35.0 Å². The maximum Gasteiger partial charge on any atom is 0.325 e. The average molecular weight is 532 g/mol. The number of pyridine rings is 1. The number of nitrogens with one attached hydrogen (secondary N) is 2. The maximum atomic E-state index is 13.2. The number of carboxylic acids is 1. The smallest absolute Gasteiger partial charge is 0.325 e. The van der Waals surface area contributed by atoms with E-state index in [0.717, 1.165) is 5.56 Å². The topological polar surface area (TPSA) is 165 Å². The minimum absolute atomic E-state index is 0.135. The third-order valence-corrected chi connectivity index (χ3v) is 6.01. The molecule has 0 saturated heterocycles. The van der Waals surface area contributed by atoms with Crippen LogP contribution in [0.2, 0.25) is 0 Å². The van der Waals surface area contributed by atoms with E-state index in [0.29, 0.717) is 28.3 Å². The average Bonchev–Trinajstić information content (AvgIpc) is 3.29. The van der Waals surface area contributed by atoms with Crippen LogP contribution in [-0.2, 0) is 14.3 Å². The molecular weight excluding hydrogens is 506 g/mol. The number of benzene rings is 2. The Labute approximate surface area is 222 Å². The zero-order valence-electron chi connectivity index (χ0n) is 21.1. The number of methoxy groups -OCH3 is 1. The largest absolute Gasteiger partial charge is 0.481 e. The number of anilines is 1. The number of esters is 1. The van der Waals surface area contributed by atoms with Crippen LogP contribution in [0.4, 0.5) is 11.5 Å². The minimum Gasteiger partial charge on any atom is -0.481 e. The van der Waals surface area contributed by atoms with Gasteiger partial charge in [0.1, 0.15) is 23.7 Å². The number of carbonyl (C=O) groups excluding carboxylic acids is 2. The van der Waals surface area contributed by atoms with Crippen LogP contribution < -0.4 is 10.6 Å². The molecule has 0 spiro atoms. The molecule has 2 heterocycles. The molecule has 0 aliphatic carbocycles. The van der Waals surface area contributed by atoms with Crippen LogP contribution >= 0.6 is 0 Å². The van der Waals surface area contributed by atoms with Crippen LogP contribution in [0.1, 0.15) is 33.9 Å². The SMILES string of the molecule is COC(=O)CNc1c(-c2cccc([N+](=O)[O-])c2)nc2cc(C(=O)NC(CC(=O)O)c3ccc(C)cc3)ccn12. The first-order chi connectivity index (χ1) is 18.7. The Morgan fingerprint density at radius 3 is 2.54 bits per heavy atom. The highest BCUT2D eigenvalue weighted by molar-refractivity contribution is 5.96. The molecule has 200 valence electrons. The molecule has 39 heavy (non-hydrogen) atoms. The summed E-state index contributed by atoms with van der Waals surface area (Å²) in [7, 11) is 1.25. The number of rotatable bonds is 10. The van der Waals surface area contributed by atoms with Crippen LogP contribution in [-0.4, -0.2) is 50.9 Å². The molecule has 0 aliphatic heterocycles. The molecule has 4 aromatic rings. The second-order valence-electron chi connectivity index (χ2n) is 8.72. The first kappa shape index (κ1) is 26.8. The summed E-state index contributed by atoms with van der Waals surface area (Å²) >= 11 is 0. The number of non-ortho nitro benzene ring substituents is 1. The van der Waals surface area contributed by atoms with Gasteiger partial charge in [-0.15, -0.1) is 0 Å². The summed E-state index contributed by atoms with van der Waals surface area (Å²) in [6, 6.07) is 15.4. The predicted octanol–water partition coefficient (Wildman–Crippen LogP) is 3.75. The normalized spacial score (nSPS) is 11.5. The van der Waals surface area contributed by atoms with E-state index in [1.165, 1.54) is 37.4 Å². The number of hydrogen-bond acceptors (Lipinski definition) is 8. The fraction of sp³-hybridized carbons (Fsp3) is 0.185. The molecule has 4 rings (SSSR count). The van der Waals surface area contributed by atoms with Gasteiger partial charge in [0.2, 0.25) is 0 Å². The van der Waals surface area contributed by atoms with Gasteiger partial charge in [-0.25, -0.2) is 4.98 Å². The molecule has 1 unspecified atom stereocenters. The monoisotopic (exact) mass is 531 g/mol. The Morgan fingerprint density at radius 1 is 1.13 bits per heavy atom. The second-order valence-corrected chi connectivity index (χ2v) is 8.72. The van der Waals surface area contributed by atoms with Crippen molar-refractivity contribution in [3.63, 3.8) is 0 Å². The number of imidazole rings is 1. The van der Waals surface area contributed by atoms with E-state index in [1.807, 2.05) is 19.1 Å². The Bertz CT molecular complexity index is 1560. The van der Waals surface area contributed by atoms with Gasteiger partial charge in [-0.05, 0) is 24.6 Å².